The van der Waals surface area contributed by atoms with Crippen LogP contribution in [0, 0.1) is 0 Å². The van der Waals surface area contributed by atoms with Crippen molar-refractivity contribution in [2.45, 2.75) is 13.8 Å². The second kappa shape index (κ2) is 7.28. The van der Waals surface area contributed by atoms with E-state index in [4.69, 9.17) is 5.73 Å². The van der Waals surface area contributed by atoms with Gasteiger partial charge in [-0.2, -0.15) is 0 Å². The van der Waals surface area contributed by atoms with E-state index in [9.17, 15) is 9.59 Å². The van der Waals surface area contributed by atoms with E-state index in [2.05, 4.69) is 15.9 Å². The molecule has 5 nitrogen and oxygen atoms in total. The Morgan fingerprint density at radius 1 is 1.20 bits per heavy atom. The zero-order chi connectivity index (χ0) is 15.3. The van der Waals surface area contributed by atoms with Crippen molar-refractivity contribution < 1.29 is 9.59 Å². The third kappa shape index (κ3) is 4.23. The minimum Gasteiger partial charge on any atom is -0.399 e. The molecule has 0 atom stereocenters. The van der Waals surface area contributed by atoms with Crippen molar-refractivity contribution >= 4 is 33.4 Å². The fraction of sp³-hybridized carbons (Fsp3) is 0.429. The number of halogens is 1. The van der Waals surface area contributed by atoms with Gasteiger partial charge in [0.1, 0.15) is 0 Å². The molecule has 0 aromatic heterocycles. The molecule has 0 fully saturated rings. The van der Waals surface area contributed by atoms with E-state index in [-0.39, 0.29) is 18.4 Å². The van der Waals surface area contributed by atoms with Crippen LogP contribution in [0.2, 0.25) is 0 Å². The van der Waals surface area contributed by atoms with Crippen molar-refractivity contribution in [2.75, 3.05) is 32.4 Å². The molecule has 1 aromatic rings. The lowest BCUT2D eigenvalue weighted by Gasteiger charge is -2.23. The first kappa shape index (κ1) is 16.5. The van der Waals surface area contributed by atoms with Crippen LogP contribution in [-0.2, 0) is 4.79 Å². The van der Waals surface area contributed by atoms with E-state index in [1.54, 1.807) is 30.1 Å². The van der Waals surface area contributed by atoms with Gasteiger partial charge in [0, 0.05) is 35.9 Å². The lowest BCUT2D eigenvalue weighted by molar-refractivity contribution is -0.131. The van der Waals surface area contributed by atoms with Gasteiger partial charge in [0.2, 0.25) is 5.91 Å². The summed E-state index contributed by atoms with van der Waals surface area (Å²) in [5, 5.41) is 0. The predicted molar refractivity (Wildman–Crippen MR) is 83.4 cm³/mol. The monoisotopic (exact) mass is 341 g/mol. The van der Waals surface area contributed by atoms with Crippen LogP contribution in [0.3, 0.4) is 0 Å². The molecule has 0 spiro atoms. The molecule has 0 aliphatic carbocycles. The quantitative estimate of drug-likeness (QED) is 0.832. The Labute approximate surface area is 127 Å². The number of nitrogen functional groups attached to an aromatic ring is 1. The summed E-state index contributed by atoms with van der Waals surface area (Å²) in [5.74, 6) is -0.285. The van der Waals surface area contributed by atoms with E-state index < -0.39 is 0 Å². The van der Waals surface area contributed by atoms with Gasteiger partial charge in [-0.3, -0.25) is 9.59 Å². The molecule has 0 heterocycles. The maximum atomic E-state index is 12.3. The average molecular weight is 342 g/mol. The topological polar surface area (TPSA) is 66.6 Å². The van der Waals surface area contributed by atoms with Crippen molar-refractivity contribution in [2.24, 2.45) is 0 Å². The molecular weight excluding hydrogens is 322 g/mol. The molecular formula is C14H20BrN3O2. The third-order valence-corrected chi connectivity index (χ3v) is 3.46. The third-order valence-electron chi connectivity index (χ3n) is 3.00. The van der Waals surface area contributed by atoms with E-state index in [0.29, 0.717) is 24.3 Å². The first-order chi connectivity index (χ1) is 9.38. The molecule has 20 heavy (non-hydrogen) atoms. The Morgan fingerprint density at radius 2 is 1.80 bits per heavy atom. The molecule has 2 amide bonds. The number of nitrogens with two attached hydrogens (primary N) is 1. The second-order valence-electron chi connectivity index (χ2n) is 4.50. The van der Waals surface area contributed by atoms with E-state index in [1.807, 2.05) is 13.8 Å². The molecule has 0 radical (unpaired) electrons. The van der Waals surface area contributed by atoms with Crippen LogP contribution in [0.25, 0.3) is 0 Å². The van der Waals surface area contributed by atoms with Crippen LogP contribution in [0.1, 0.15) is 24.2 Å². The minimum atomic E-state index is -0.224. The molecule has 6 heteroatoms. The maximum absolute atomic E-state index is 12.3. The van der Waals surface area contributed by atoms with Crippen LogP contribution in [0.4, 0.5) is 5.69 Å². The summed E-state index contributed by atoms with van der Waals surface area (Å²) in [6.45, 7) is 5.17. The molecule has 0 saturated heterocycles. The number of carbonyl (C=O) groups is 2. The average Bonchev–Trinajstić information content (AvgIpc) is 2.37. The molecule has 110 valence electrons. The molecule has 1 aromatic carbocycles. The number of hydrogen-bond acceptors (Lipinski definition) is 3. The smallest absolute Gasteiger partial charge is 0.254 e. The predicted octanol–water partition coefficient (Wildman–Crippen LogP) is 1.97. The normalized spacial score (nSPS) is 10.2. The van der Waals surface area contributed by atoms with Crippen LogP contribution >= 0.6 is 15.9 Å². The standard InChI is InChI=1S/C14H20BrN3O2/c1-4-18(5-2)13(19)9-17(3)14(20)10-6-11(15)8-12(16)7-10/h6-8H,4-5,9,16H2,1-3H3. The first-order valence-electron chi connectivity index (χ1n) is 6.48. The van der Waals surface area contributed by atoms with Crippen molar-refractivity contribution in [3.05, 3.63) is 28.2 Å². The molecule has 0 saturated carbocycles. The highest BCUT2D eigenvalue weighted by atomic mass is 79.9. The summed E-state index contributed by atoms with van der Waals surface area (Å²) in [6.07, 6.45) is 0. The minimum absolute atomic E-state index is 0.0613. The van der Waals surface area contributed by atoms with Gasteiger partial charge < -0.3 is 15.5 Å². The molecule has 0 bridgehead atoms. The maximum Gasteiger partial charge on any atom is 0.254 e. The van der Waals surface area contributed by atoms with Crippen molar-refractivity contribution in [1.29, 1.82) is 0 Å². The van der Waals surface area contributed by atoms with Gasteiger partial charge in [-0.1, -0.05) is 15.9 Å². The van der Waals surface area contributed by atoms with Gasteiger partial charge in [-0.05, 0) is 32.0 Å². The molecule has 0 aliphatic rings. The molecule has 1 rings (SSSR count). The van der Waals surface area contributed by atoms with Crippen LogP contribution in [-0.4, -0.2) is 48.3 Å². The van der Waals surface area contributed by atoms with Crippen LogP contribution in [0.5, 0.6) is 0 Å². The van der Waals surface area contributed by atoms with Crippen molar-refractivity contribution in [3.8, 4) is 0 Å². The molecule has 0 unspecified atom stereocenters. The molecule has 2 N–H and O–H groups in total. The van der Waals surface area contributed by atoms with Crippen molar-refractivity contribution in [3.63, 3.8) is 0 Å². The lowest BCUT2D eigenvalue weighted by Crippen LogP contribution is -2.41. The number of rotatable bonds is 5. The van der Waals surface area contributed by atoms with E-state index >= 15 is 0 Å². The number of benzene rings is 1. The number of carbonyl (C=O) groups excluding carboxylic acids is 2. The number of hydrogen-bond donors (Lipinski definition) is 1. The summed E-state index contributed by atoms with van der Waals surface area (Å²) in [7, 11) is 1.61. The SMILES string of the molecule is CCN(CC)C(=O)CN(C)C(=O)c1cc(N)cc(Br)c1. The highest BCUT2D eigenvalue weighted by Gasteiger charge is 2.18. The fourth-order valence-electron chi connectivity index (χ4n) is 1.91. The summed E-state index contributed by atoms with van der Waals surface area (Å²) >= 11 is 3.30. The first-order valence-corrected chi connectivity index (χ1v) is 7.27. The van der Waals surface area contributed by atoms with Gasteiger partial charge in [0.05, 0.1) is 6.54 Å². The Morgan fingerprint density at radius 3 is 2.30 bits per heavy atom. The summed E-state index contributed by atoms with van der Waals surface area (Å²) in [5.41, 5.74) is 6.68. The Bertz CT molecular complexity index is 481. The zero-order valence-electron chi connectivity index (χ0n) is 12.0. The van der Waals surface area contributed by atoms with Crippen molar-refractivity contribution in [1.82, 2.24) is 9.80 Å². The van der Waals surface area contributed by atoms with Gasteiger partial charge in [-0.15, -0.1) is 0 Å². The van der Waals surface area contributed by atoms with E-state index in [1.165, 1.54) is 4.90 Å². The van der Waals surface area contributed by atoms with E-state index in [0.717, 1.165) is 4.47 Å². The Balaban J connectivity index is 2.79. The highest BCUT2D eigenvalue weighted by Crippen LogP contribution is 2.18. The number of nitrogens with zero attached hydrogens (tertiary/aromatic N) is 2. The second-order valence-corrected chi connectivity index (χ2v) is 5.42. The Hall–Kier alpha value is -1.56. The fourth-order valence-corrected chi connectivity index (χ4v) is 2.42. The summed E-state index contributed by atoms with van der Waals surface area (Å²) < 4.78 is 0.740. The van der Waals surface area contributed by atoms with Crippen LogP contribution in [0.15, 0.2) is 22.7 Å². The Kier molecular flexibility index (Phi) is 6.01. The lowest BCUT2D eigenvalue weighted by atomic mass is 10.2. The van der Waals surface area contributed by atoms with Gasteiger partial charge >= 0.3 is 0 Å². The van der Waals surface area contributed by atoms with Crippen LogP contribution < -0.4 is 5.73 Å². The zero-order valence-corrected chi connectivity index (χ0v) is 13.6. The van der Waals surface area contributed by atoms with Gasteiger partial charge in [0.25, 0.3) is 5.91 Å². The van der Waals surface area contributed by atoms with Gasteiger partial charge in [-0.25, -0.2) is 0 Å². The highest BCUT2D eigenvalue weighted by molar-refractivity contribution is 9.10. The summed E-state index contributed by atoms with van der Waals surface area (Å²) in [4.78, 5) is 27.3. The number of amides is 2. The number of anilines is 1. The largest absolute Gasteiger partial charge is 0.399 e. The summed E-state index contributed by atoms with van der Waals surface area (Å²) in [6, 6.07) is 5.01. The molecule has 0 aliphatic heterocycles. The van der Waals surface area contributed by atoms with Gasteiger partial charge in [0.15, 0.2) is 0 Å². The number of likely N-dealkylation sites (N-methyl/N-ethyl adjacent to an activating group) is 2.